The molecule has 0 N–H and O–H groups in total. The lowest BCUT2D eigenvalue weighted by molar-refractivity contribution is -0.121. The number of likely N-dealkylation sites (N-methyl/N-ethyl adjacent to an activating group) is 1. The highest BCUT2D eigenvalue weighted by atomic mass is 32.2. The Kier molecular flexibility index (Phi) is 5.62. The summed E-state index contributed by atoms with van der Waals surface area (Å²) in [6.45, 7) is 6.46. The zero-order chi connectivity index (χ0) is 21.4. The molecular weight excluding hydrogens is 410 g/mol. The molecule has 152 valence electrons. The Balaban J connectivity index is 1.90. The van der Waals surface area contributed by atoms with Crippen molar-refractivity contribution in [3.8, 4) is 16.9 Å². The Labute approximate surface area is 186 Å². The summed E-state index contributed by atoms with van der Waals surface area (Å²) < 4.78 is 2.44. The first kappa shape index (κ1) is 20.6. The van der Waals surface area contributed by atoms with Crippen molar-refractivity contribution >= 4 is 40.3 Å². The second-order valence-corrected chi connectivity index (χ2v) is 9.36. The lowest BCUT2D eigenvalue weighted by Gasteiger charge is -2.11. The molecule has 1 saturated heterocycles. The van der Waals surface area contributed by atoms with Crippen LogP contribution in [0.1, 0.15) is 36.5 Å². The number of rotatable bonds is 4. The largest absolute Gasteiger partial charge is 0.296 e. The standard InChI is InChI=1S/C24H23N3OS2/c1-15(2)17-11-10-16(3)20(12-17)22-18(13-21-23(28)26(4)24(29)30-21)14-27(25-22)19-8-6-5-7-9-19/h5-15H,1-4H3. The lowest BCUT2D eigenvalue weighted by atomic mass is 9.95. The molecule has 0 radical (unpaired) electrons. The van der Waals surface area contributed by atoms with Gasteiger partial charge in [0.05, 0.1) is 10.6 Å². The van der Waals surface area contributed by atoms with Crippen molar-refractivity contribution in [3.05, 3.63) is 76.3 Å². The molecule has 0 atom stereocenters. The van der Waals surface area contributed by atoms with Gasteiger partial charge in [0.1, 0.15) is 10.0 Å². The number of hydrogen-bond donors (Lipinski definition) is 0. The average molecular weight is 434 g/mol. The van der Waals surface area contributed by atoms with Crippen LogP contribution in [-0.2, 0) is 4.79 Å². The van der Waals surface area contributed by atoms with Gasteiger partial charge in [-0.15, -0.1) is 0 Å². The molecule has 1 aliphatic rings. The predicted molar refractivity (Wildman–Crippen MR) is 129 cm³/mol. The Bertz CT molecular complexity index is 1160. The maximum atomic E-state index is 12.6. The molecule has 0 unspecified atom stereocenters. The summed E-state index contributed by atoms with van der Waals surface area (Å²) in [5, 5.41) is 4.92. The number of carbonyl (C=O) groups is 1. The molecule has 3 aromatic rings. The molecule has 1 aliphatic heterocycles. The van der Waals surface area contributed by atoms with Gasteiger partial charge in [-0.25, -0.2) is 4.68 Å². The second kappa shape index (κ2) is 8.20. The van der Waals surface area contributed by atoms with E-state index in [1.54, 1.807) is 7.05 Å². The molecule has 30 heavy (non-hydrogen) atoms. The summed E-state index contributed by atoms with van der Waals surface area (Å²) in [6.07, 6.45) is 3.89. The molecule has 1 fully saturated rings. The van der Waals surface area contributed by atoms with E-state index in [1.165, 1.54) is 22.2 Å². The molecule has 0 spiro atoms. The Hall–Kier alpha value is -2.70. The first-order valence-corrected chi connectivity index (χ1v) is 11.0. The van der Waals surface area contributed by atoms with Gasteiger partial charge in [-0.1, -0.05) is 68.2 Å². The molecule has 4 rings (SSSR count). The highest BCUT2D eigenvalue weighted by Crippen LogP contribution is 2.35. The fourth-order valence-electron chi connectivity index (χ4n) is 3.36. The summed E-state index contributed by atoms with van der Waals surface area (Å²) in [7, 11) is 1.71. The highest BCUT2D eigenvalue weighted by molar-refractivity contribution is 8.26. The maximum Gasteiger partial charge on any atom is 0.265 e. The van der Waals surface area contributed by atoms with E-state index in [4.69, 9.17) is 17.3 Å². The number of carbonyl (C=O) groups excluding carboxylic acids is 1. The van der Waals surface area contributed by atoms with Crippen molar-refractivity contribution in [3.63, 3.8) is 0 Å². The third kappa shape index (κ3) is 3.85. The lowest BCUT2D eigenvalue weighted by Crippen LogP contribution is -2.22. The minimum absolute atomic E-state index is 0.0731. The van der Waals surface area contributed by atoms with E-state index in [0.717, 1.165) is 28.1 Å². The summed E-state index contributed by atoms with van der Waals surface area (Å²) in [5.41, 5.74) is 6.22. The number of aromatic nitrogens is 2. The summed E-state index contributed by atoms with van der Waals surface area (Å²) in [6, 6.07) is 16.5. The third-order valence-corrected chi connectivity index (χ3v) is 6.70. The molecule has 1 aromatic heterocycles. The van der Waals surface area contributed by atoms with E-state index in [0.29, 0.717) is 15.1 Å². The van der Waals surface area contributed by atoms with Crippen molar-refractivity contribution < 1.29 is 4.79 Å². The van der Waals surface area contributed by atoms with Gasteiger partial charge in [0.15, 0.2) is 0 Å². The number of para-hydroxylation sites is 1. The average Bonchev–Trinajstić information content (AvgIpc) is 3.26. The normalized spacial score (nSPS) is 15.6. The van der Waals surface area contributed by atoms with Gasteiger partial charge in [0.2, 0.25) is 0 Å². The van der Waals surface area contributed by atoms with Crippen LogP contribution < -0.4 is 0 Å². The highest BCUT2D eigenvalue weighted by Gasteiger charge is 2.29. The quantitative estimate of drug-likeness (QED) is 0.385. The van der Waals surface area contributed by atoms with Gasteiger partial charge in [0.25, 0.3) is 5.91 Å². The topological polar surface area (TPSA) is 38.1 Å². The van der Waals surface area contributed by atoms with Crippen LogP contribution >= 0.6 is 24.0 Å². The van der Waals surface area contributed by atoms with Crippen LogP contribution in [0.3, 0.4) is 0 Å². The monoisotopic (exact) mass is 433 g/mol. The fourth-order valence-corrected chi connectivity index (χ4v) is 4.53. The van der Waals surface area contributed by atoms with E-state index in [9.17, 15) is 4.79 Å². The van der Waals surface area contributed by atoms with E-state index in [-0.39, 0.29) is 5.91 Å². The smallest absolute Gasteiger partial charge is 0.265 e. The van der Waals surface area contributed by atoms with E-state index in [1.807, 2.05) is 47.3 Å². The predicted octanol–water partition coefficient (Wildman–Crippen LogP) is 5.80. The number of benzene rings is 2. The van der Waals surface area contributed by atoms with Crippen LogP contribution in [0.4, 0.5) is 0 Å². The van der Waals surface area contributed by atoms with Gasteiger partial charge in [-0.05, 0) is 48.2 Å². The summed E-state index contributed by atoms with van der Waals surface area (Å²) in [4.78, 5) is 14.7. The minimum Gasteiger partial charge on any atom is -0.296 e. The molecule has 6 heteroatoms. The van der Waals surface area contributed by atoms with Gasteiger partial charge in [0, 0.05) is 24.4 Å². The third-order valence-electron chi connectivity index (χ3n) is 5.22. The molecule has 2 heterocycles. The Morgan fingerprint density at radius 3 is 2.50 bits per heavy atom. The van der Waals surface area contributed by atoms with Crippen molar-refractivity contribution in [1.82, 2.24) is 14.7 Å². The van der Waals surface area contributed by atoms with Crippen LogP contribution in [0.2, 0.25) is 0 Å². The van der Waals surface area contributed by atoms with Gasteiger partial charge >= 0.3 is 0 Å². The zero-order valence-electron chi connectivity index (χ0n) is 17.4. The van der Waals surface area contributed by atoms with Crippen LogP contribution in [0.5, 0.6) is 0 Å². The van der Waals surface area contributed by atoms with E-state index in [2.05, 4.69) is 39.0 Å². The molecule has 4 nitrogen and oxygen atoms in total. The number of aryl methyl sites for hydroxylation is 1. The molecule has 0 bridgehead atoms. The fraction of sp³-hybridized carbons (Fsp3) is 0.208. The van der Waals surface area contributed by atoms with Crippen LogP contribution in [0, 0.1) is 6.92 Å². The van der Waals surface area contributed by atoms with E-state index < -0.39 is 0 Å². The number of thioether (sulfide) groups is 1. The van der Waals surface area contributed by atoms with Crippen molar-refractivity contribution in [2.24, 2.45) is 0 Å². The Morgan fingerprint density at radius 2 is 1.87 bits per heavy atom. The number of thiocarbonyl (C=S) groups is 1. The van der Waals surface area contributed by atoms with Crippen LogP contribution in [0.15, 0.2) is 59.6 Å². The molecular formula is C24H23N3OS2. The first-order chi connectivity index (χ1) is 14.3. The van der Waals surface area contributed by atoms with Gasteiger partial charge in [-0.3, -0.25) is 9.69 Å². The summed E-state index contributed by atoms with van der Waals surface area (Å²) in [5.74, 6) is 0.344. The van der Waals surface area contributed by atoms with Crippen molar-refractivity contribution in [1.29, 1.82) is 0 Å². The van der Waals surface area contributed by atoms with Crippen LogP contribution in [-0.4, -0.2) is 32.0 Å². The second-order valence-electron chi connectivity index (χ2n) is 7.68. The maximum absolute atomic E-state index is 12.6. The molecule has 0 aliphatic carbocycles. The molecule has 0 saturated carbocycles. The Morgan fingerprint density at radius 1 is 1.13 bits per heavy atom. The minimum atomic E-state index is -0.0731. The van der Waals surface area contributed by atoms with Crippen molar-refractivity contribution in [2.75, 3.05) is 7.05 Å². The van der Waals surface area contributed by atoms with Gasteiger partial charge < -0.3 is 0 Å². The summed E-state index contributed by atoms with van der Waals surface area (Å²) >= 11 is 6.62. The molecule has 2 aromatic carbocycles. The van der Waals surface area contributed by atoms with Gasteiger partial charge in [-0.2, -0.15) is 5.10 Å². The molecule has 1 amide bonds. The van der Waals surface area contributed by atoms with Crippen LogP contribution in [0.25, 0.3) is 23.0 Å². The first-order valence-electron chi connectivity index (χ1n) is 9.82. The number of amides is 1. The van der Waals surface area contributed by atoms with Crippen molar-refractivity contribution in [2.45, 2.75) is 26.7 Å². The van der Waals surface area contributed by atoms with E-state index >= 15 is 0 Å². The zero-order valence-corrected chi connectivity index (χ0v) is 19.1. The number of hydrogen-bond acceptors (Lipinski definition) is 4. The number of nitrogens with zero attached hydrogens (tertiary/aromatic N) is 3. The SMILES string of the molecule is Cc1ccc(C(C)C)cc1-c1nn(-c2ccccc2)cc1C=C1SC(=S)N(C)C1=O.